The molecule has 1 fully saturated rings. The molecule has 0 unspecified atom stereocenters. The zero-order valence-corrected chi connectivity index (χ0v) is 11.4. The Morgan fingerprint density at radius 3 is 2.56 bits per heavy atom. The third kappa shape index (κ3) is 2.73. The van der Waals surface area contributed by atoms with E-state index in [-0.39, 0.29) is 31.6 Å². The molecule has 6 heteroatoms. The van der Waals surface area contributed by atoms with E-state index in [1.165, 1.54) is 4.90 Å². The summed E-state index contributed by atoms with van der Waals surface area (Å²) in [5, 5.41) is 0. The monoisotopic (exact) mass is 260 g/mol. The van der Waals surface area contributed by atoms with Crippen molar-refractivity contribution in [2.24, 2.45) is 0 Å². The summed E-state index contributed by atoms with van der Waals surface area (Å²) >= 11 is 0. The summed E-state index contributed by atoms with van der Waals surface area (Å²) in [5.41, 5.74) is -2.05. The molecule has 1 aliphatic heterocycles. The number of urea groups is 1. The number of halogens is 1. The molecule has 0 saturated carbocycles. The van der Waals surface area contributed by atoms with Gasteiger partial charge in [0.25, 0.3) is 0 Å². The van der Waals surface area contributed by atoms with Crippen molar-refractivity contribution in [3.8, 4) is 0 Å². The van der Waals surface area contributed by atoms with Crippen LogP contribution in [0.25, 0.3) is 0 Å². The Kier molecular flexibility index (Phi) is 4.53. The summed E-state index contributed by atoms with van der Waals surface area (Å²) in [6.07, 6.45) is 0.00105. The number of likely N-dealkylation sites (tertiary alicyclic amines) is 1. The molecule has 0 radical (unpaired) electrons. The molecular weight excluding hydrogens is 239 g/mol. The Labute approximate surface area is 107 Å². The van der Waals surface area contributed by atoms with Crippen molar-refractivity contribution in [2.45, 2.75) is 38.9 Å². The maximum atomic E-state index is 14.2. The van der Waals surface area contributed by atoms with Crippen LogP contribution in [0.5, 0.6) is 0 Å². The van der Waals surface area contributed by atoms with Crippen molar-refractivity contribution in [1.29, 1.82) is 0 Å². The number of carbonyl (C=O) groups excluding carboxylic acids is 2. The molecule has 1 rings (SSSR count). The van der Waals surface area contributed by atoms with Crippen LogP contribution < -0.4 is 0 Å². The van der Waals surface area contributed by atoms with Crippen LogP contribution in [-0.2, 0) is 9.53 Å². The number of methoxy groups -OCH3 is 1. The van der Waals surface area contributed by atoms with Gasteiger partial charge in [0, 0.05) is 25.6 Å². The van der Waals surface area contributed by atoms with Gasteiger partial charge in [-0.3, -0.25) is 0 Å². The highest BCUT2D eigenvalue weighted by Crippen LogP contribution is 2.28. The quantitative estimate of drug-likeness (QED) is 0.721. The van der Waals surface area contributed by atoms with E-state index in [1.54, 1.807) is 4.90 Å². The molecule has 0 spiro atoms. The van der Waals surface area contributed by atoms with Gasteiger partial charge >= 0.3 is 12.0 Å². The number of alkyl halides is 1. The lowest BCUT2D eigenvalue weighted by atomic mass is 10.1. The smallest absolute Gasteiger partial charge is 0.345 e. The molecule has 0 aromatic rings. The van der Waals surface area contributed by atoms with E-state index in [0.29, 0.717) is 6.54 Å². The summed E-state index contributed by atoms with van der Waals surface area (Å²) in [4.78, 5) is 26.5. The first-order valence-corrected chi connectivity index (χ1v) is 6.18. The van der Waals surface area contributed by atoms with Crippen molar-refractivity contribution < 1.29 is 18.7 Å². The van der Waals surface area contributed by atoms with Crippen molar-refractivity contribution in [1.82, 2.24) is 9.80 Å². The van der Waals surface area contributed by atoms with Crippen LogP contribution >= 0.6 is 0 Å². The maximum absolute atomic E-state index is 14.2. The third-order valence-corrected chi connectivity index (χ3v) is 3.25. The Balaban J connectivity index is 2.72. The molecular formula is C12H21FN2O3. The topological polar surface area (TPSA) is 49.9 Å². The van der Waals surface area contributed by atoms with Crippen molar-refractivity contribution in [2.75, 3.05) is 26.7 Å². The fraction of sp³-hybridized carbons (Fsp3) is 0.833. The largest absolute Gasteiger partial charge is 0.467 e. The molecule has 1 saturated heterocycles. The van der Waals surface area contributed by atoms with Gasteiger partial charge in [-0.05, 0) is 20.8 Å². The second-order valence-corrected chi connectivity index (χ2v) is 4.79. The normalized spacial score (nSPS) is 23.3. The number of carbonyl (C=O) groups is 2. The van der Waals surface area contributed by atoms with E-state index >= 15 is 0 Å². The Bertz CT molecular complexity index is 335. The highest BCUT2D eigenvalue weighted by atomic mass is 19.1. The maximum Gasteiger partial charge on any atom is 0.345 e. The fourth-order valence-electron chi connectivity index (χ4n) is 2.19. The first-order valence-electron chi connectivity index (χ1n) is 6.18. The Morgan fingerprint density at radius 1 is 1.50 bits per heavy atom. The number of amides is 2. The second-order valence-electron chi connectivity index (χ2n) is 4.79. The number of hydrogen-bond acceptors (Lipinski definition) is 3. The van der Waals surface area contributed by atoms with Gasteiger partial charge in [-0.15, -0.1) is 0 Å². The lowest BCUT2D eigenvalue weighted by molar-refractivity contribution is -0.153. The summed E-state index contributed by atoms with van der Waals surface area (Å²) < 4.78 is 18.6. The lowest BCUT2D eigenvalue weighted by Crippen LogP contribution is -2.47. The minimum absolute atomic E-state index is 0.00105. The molecule has 0 aromatic heterocycles. The molecule has 0 aromatic carbocycles. The highest BCUT2D eigenvalue weighted by Gasteiger charge is 2.48. The number of hydrogen-bond donors (Lipinski definition) is 0. The van der Waals surface area contributed by atoms with E-state index in [9.17, 15) is 14.0 Å². The van der Waals surface area contributed by atoms with Crippen LogP contribution in [0.15, 0.2) is 0 Å². The van der Waals surface area contributed by atoms with Crippen molar-refractivity contribution in [3.63, 3.8) is 0 Å². The molecule has 0 aliphatic carbocycles. The molecule has 0 bridgehead atoms. The van der Waals surface area contributed by atoms with Gasteiger partial charge in [0.15, 0.2) is 0 Å². The van der Waals surface area contributed by atoms with Gasteiger partial charge in [-0.2, -0.15) is 0 Å². The first-order chi connectivity index (χ1) is 8.35. The Hall–Kier alpha value is -1.33. The minimum atomic E-state index is -2.05. The molecule has 1 atom stereocenters. The van der Waals surface area contributed by atoms with Crippen LogP contribution in [0.3, 0.4) is 0 Å². The van der Waals surface area contributed by atoms with Crippen LogP contribution in [0.2, 0.25) is 0 Å². The van der Waals surface area contributed by atoms with Gasteiger partial charge in [0.1, 0.15) is 0 Å². The first kappa shape index (κ1) is 14.7. The average molecular weight is 260 g/mol. The molecule has 1 aliphatic rings. The van der Waals surface area contributed by atoms with E-state index in [1.807, 2.05) is 20.8 Å². The van der Waals surface area contributed by atoms with E-state index in [4.69, 9.17) is 0 Å². The van der Waals surface area contributed by atoms with Crippen LogP contribution in [0.4, 0.5) is 9.18 Å². The molecule has 18 heavy (non-hydrogen) atoms. The number of nitrogens with zero attached hydrogens (tertiary/aromatic N) is 2. The van der Waals surface area contributed by atoms with E-state index in [2.05, 4.69) is 4.74 Å². The number of ether oxygens (including phenoxy) is 1. The predicted octanol–water partition coefficient (Wildman–Crippen LogP) is 1.42. The molecule has 0 N–H and O–H groups in total. The molecule has 2 amide bonds. The van der Waals surface area contributed by atoms with Crippen LogP contribution in [-0.4, -0.2) is 60.3 Å². The number of esters is 1. The highest BCUT2D eigenvalue weighted by molar-refractivity contribution is 5.83. The molecule has 104 valence electrons. The Morgan fingerprint density at radius 2 is 2.11 bits per heavy atom. The lowest BCUT2D eigenvalue weighted by Gasteiger charge is -2.30. The summed E-state index contributed by atoms with van der Waals surface area (Å²) in [6, 6.07) is -0.175. The van der Waals surface area contributed by atoms with Crippen molar-refractivity contribution >= 4 is 12.0 Å². The summed E-state index contributed by atoms with van der Waals surface area (Å²) in [7, 11) is 1.15. The second kappa shape index (κ2) is 5.54. The molecule has 5 nitrogen and oxygen atoms in total. The van der Waals surface area contributed by atoms with E-state index in [0.717, 1.165) is 7.11 Å². The summed E-state index contributed by atoms with van der Waals surface area (Å²) in [5.74, 6) is -0.898. The van der Waals surface area contributed by atoms with E-state index < -0.39 is 11.6 Å². The predicted molar refractivity (Wildman–Crippen MR) is 65.0 cm³/mol. The third-order valence-electron chi connectivity index (χ3n) is 3.25. The van der Waals surface area contributed by atoms with Crippen molar-refractivity contribution in [3.05, 3.63) is 0 Å². The fourth-order valence-corrected chi connectivity index (χ4v) is 2.19. The summed E-state index contributed by atoms with van der Waals surface area (Å²) in [6.45, 7) is 6.26. The van der Waals surface area contributed by atoms with Gasteiger partial charge < -0.3 is 14.5 Å². The van der Waals surface area contributed by atoms with Crippen LogP contribution in [0, 0.1) is 0 Å². The van der Waals surface area contributed by atoms with Gasteiger partial charge in [-0.1, -0.05) is 0 Å². The van der Waals surface area contributed by atoms with Gasteiger partial charge in [0.2, 0.25) is 5.67 Å². The SMILES string of the molecule is CCN(C(=O)N1CC[C@@](F)(C(=O)OC)C1)C(C)C. The standard InChI is InChI=1S/C12H21FN2O3/c1-5-15(9(2)3)11(17)14-7-6-12(13,8-14)10(16)18-4/h9H,5-8H2,1-4H3/t12-/m0/s1. The van der Waals surface area contributed by atoms with Gasteiger partial charge in [-0.25, -0.2) is 14.0 Å². The zero-order chi connectivity index (χ0) is 13.9. The molecule has 1 heterocycles. The van der Waals surface area contributed by atoms with Gasteiger partial charge in [0.05, 0.1) is 13.7 Å². The average Bonchev–Trinajstić information content (AvgIpc) is 2.72. The minimum Gasteiger partial charge on any atom is -0.467 e. The number of rotatable bonds is 3. The van der Waals surface area contributed by atoms with Crippen LogP contribution in [0.1, 0.15) is 27.2 Å². The zero-order valence-electron chi connectivity index (χ0n) is 11.4.